The molecule has 1 aromatic carbocycles. The van der Waals surface area contributed by atoms with Crippen molar-refractivity contribution in [1.29, 1.82) is 0 Å². The van der Waals surface area contributed by atoms with E-state index in [0.29, 0.717) is 12.1 Å². The summed E-state index contributed by atoms with van der Waals surface area (Å²) < 4.78 is 1.95. The van der Waals surface area contributed by atoms with Crippen LogP contribution in [0, 0.1) is 0 Å². The highest BCUT2D eigenvalue weighted by atomic mass is 32.1. The van der Waals surface area contributed by atoms with Crippen LogP contribution in [0.5, 0.6) is 0 Å². The second kappa shape index (κ2) is 6.86. The lowest BCUT2D eigenvalue weighted by Crippen LogP contribution is -2.23. The maximum absolute atomic E-state index is 13.0. The van der Waals surface area contributed by atoms with Gasteiger partial charge in [-0.05, 0) is 24.3 Å². The Balaban J connectivity index is 1.49. The van der Waals surface area contributed by atoms with E-state index in [1.807, 2.05) is 64.6 Å². The third-order valence-corrected chi connectivity index (χ3v) is 5.28. The average Bonchev–Trinajstić information content (AvgIpc) is 3.34. The molecule has 0 unspecified atom stereocenters. The molecule has 7 heteroatoms. The van der Waals surface area contributed by atoms with Gasteiger partial charge in [0.05, 0.1) is 29.0 Å². The Morgan fingerprint density at radius 2 is 1.96 bits per heavy atom. The molecular weight excluding hydrogens is 370 g/mol. The van der Waals surface area contributed by atoms with E-state index in [2.05, 4.69) is 15.3 Å². The summed E-state index contributed by atoms with van der Waals surface area (Å²) in [6, 6.07) is 13.3. The SMILES string of the molecule is O=C(NCc1cn2ccsc2n1)c1cc(-c2ccncc2)nc2ccccc12. The van der Waals surface area contributed by atoms with Gasteiger partial charge in [0.25, 0.3) is 5.91 Å². The highest BCUT2D eigenvalue weighted by Gasteiger charge is 2.14. The summed E-state index contributed by atoms with van der Waals surface area (Å²) in [5, 5.41) is 5.79. The molecule has 1 amide bonds. The van der Waals surface area contributed by atoms with E-state index >= 15 is 0 Å². The molecule has 0 saturated heterocycles. The molecule has 28 heavy (non-hydrogen) atoms. The van der Waals surface area contributed by atoms with Crippen molar-refractivity contribution in [2.45, 2.75) is 6.54 Å². The van der Waals surface area contributed by atoms with Gasteiger partial charge in [-0.2, -0.15) is 0 Å². The molecule has 4 heterocycles. The Hall–Kier alpha value is -3.58. The number of hydrogen-bond acceptors (Lipinski definition) is 5. The number of benzene rings is 1. The zero-order valence-electron chi connectivity index (χ0n) is 14.7. The zero-order valence-corrected chi connectivity index (χ0v) is 15.6. The van der Waals surface area contributed by atoms with Crippen LogP contribution in [0.4, 0.5) is 0 Å². The van der Waals surface area contributed by atoms with Crippen molar-refractivity contribution in [1.82, 2.24) is 24.7 Å². The number of amides is 1. The number of para-hydroxylation sites is 1. The average molecular weight is 385 g/mol. The van der Waals surface area contributed by atoms with Crippen LogP contribution in [-0.2, 0) is 6.54 Å². The maximum Gasteiger partial charge on any atom is 0.252 e. The summed E-state index contributed by atoms with van der Waals surface area (Å²) in [4.78, 5) is 27.2. The standard InChI is InChI=1S/C21H15N5OS/c27-20(23-12-15-13-26-9-10-28-21(26)24-15)17-11-19(14-5-7-22-8-6-14)25-18-4-2-1-3-16(17)18/h1-11,13H,12H2,(H,23,27). The van der Waals surface area contributed by atoms with E-state index in [1.165, 1.54) is 0 Å². The molecule has 0 atom stereocenters. The molecule has 5 aromatic rings. The Kier molecular flexibility index (Phi) is 4.06. The fraction of sp³-hybridized carbons (Fsp3) is 0.0476. The van der Waals surface area contributed by atoms with Crippen LogP contribution >= 0.6 is 11.3 Å². The molecule has 5 rings (SSSR count). The molecule has 0 radical (unpaired) electrons. The molecule has 0 aliphatic heterocycles. The number of pyridine rings is 2. The van der Waals surface area contributed by atoms with Crippen LogP contribution in [0.15, 0.2) is 72.6 Å². The maximum atomic E-state index is 13.0. The number of carbonyl (C=O) groups excluding carboxylic acids is 1. The van der Waals surface area contributed by atoms with Crippen molar-refractivity contribution in [3.63, 3.8) is 0 Å². The number of rotatable bonds is 4. The number of imidazole rings is 1. The summed E-state index contributed by atoms with van der Waals surface area (Å²) in [6.07, 6.45) is 7.32. The normalized spacial score (nSPS) is 11.1. The lowest BCUT2D eigenvalue weighted by atomic mass is 10.0. The van der Waals surface area contributed by atoms with Crippen LogP contribution < -0.4 is 5.32 Å². The van der Waals surface area contributed by atoms with Crippen molar-refractivity contribution >= 4 is 33.1 Å². The van der Waals surface area contributed by atoms with Crippen molar-refractivity contribution in [3.05, 3.63) is 83.9 Å². The Labute approximate surface area is 164 Å². The van der Waals surface area contributed by atoms with Gasteiger partial charge in [0.15, 0.2) is 4.96 Å². The summed E-state index contributed by atoms with van der Waals surface area (Å²) in [5.74, 6) is -0.148. The third kappa shape index (κ3) is 3.01. The number of nitrogens with zero attached hydrogens (tertiary/aromatic N) is 4. The van der Waals surface area contributed by atoms with Gasteiger partial charge in [-0.15, -0.1) is 11.3 Å². The summed E-state index contributed by atoms with van der Waals surface area (Å²) >= 11 is 1.57. The molecule has 0 spiro atoms. The van der Waals surface area contributed by atoms with Crippen LogP contribution in [0.2, 0.25) is 0 Å². The van der Waals surface area contributed by atoms with Crippen molar-refractivity contribution in [3.8, 4) is 11.3 Å². The molecule has 6 nitrogen and oxygen atoms in total. The predicted molar refractivity (Wildman–Crippen MR) is 109 cm³/mol. The van der Waals surface area contributed by atoms with E-state index in [1.54, 1.807) is 23.7 Å². The fourth-order valence-electron chi connectivity index (χ4n) is 3.16. The Morgan fingerprint density at radius 1 is 1.11 bits per heavy atom. The van der Waals surface area contributed by atoms with Gasteiger partial charge in [0.2, 0.25) is 0 Å². The summed E-state index contributed by atoms with van der Waals surface area (Å²) in [7, 11) is 0. The molecule has 4 aromatic heterocycles. The number of hydrogen-bond donors (Lipinski definition) is 1. The van der Waals surface area contributed by atoms with Crippen LogP contribution in [0.3, 0.4) is 0 Å². The minimum Gasteiger partial charge on any atom is -0.346 e. The molecular formula is C21H15N5OS. The van der Waals surface area contributed by atoms with E-state index in [9.17, 15) is 4.79 Å². The second-order valence-corrected chi connectivity index (χ2v) is 7.19. The lowest BCUT2D eigenvalue weighted by Gasteiger charge is -2.10. The molecule has 0 fully saturated rings. The third-order valence-electron chi connectivity index (χ3n) is 4.51. The van der Waals surface area contributed by atoms with Crippen molar-refractivity contribution in [2.24, 2.45) is 0 Å². The first-order valence-electron chi connectivity index (χ1n) is 8.77. The lowest BCUT2D eigenvalue weighted by molar-refractivity contribution is 0.0952. The van der Waals surface area contributed by atoms with Gasteiger partial charge < -0.3 is 5.32 Å². The first-order chi connectivity index (χ1) is 13.8. The molecule has 1 N–H and O–H groups in total. The van der Waals surface area contributed by atoms with Crippen molar-refractivity contribution in [2.75, 3.05) is 0 Å². The Morgan fingerprint density at radius 3 is 2.82 bits per heavy atom. The molecule has 0 aliphatic carbocycles. The molecule has 0 saturated carbocycles. The molecule has 136 valence electrons. The quantitative estimate of drug-likeness (QED) is 0.509. The first-order valence-corrected chi connectivity index (χ1v) is 9.65. The highest BCUT2D eigenvalue weighted by Crippen LogP contribution is 2.24. The van der Waals surface area contributed by atoms with Crippen molar-refractivity contribution < 1.29 is 4.79 Å². The van der Waals surface area contributed by atoms with Crippen LogP contribution in [0.1, 0.15) is 16.1 Å². The first kappa shape index (κ1) is 16.6. The van der Waals surface area contributed by atoms with Crippen LogP contribution in [0.25, 0.3) is 27.1 Å². The predicted octanol–water partition coefficient (Wildman–Crippen LogP) is 3.94. The van der Waals surface area contributed by atoms with Gasteiger partial charge in [-0.25, -0.2) is 9.97 Å². The van der Waals surface area contributed by atoms with Gasteiger partial charge >= 0.3 is 0 Å². The number of thiazole rings is 1. The van der Waals surface area contributed by atoms with Gasteiger partial charge in [-0.1, -0.05) is 18.2 Å². The minimum absolute atomic E-state index is 0.148. The number of fused-ring (bicyclic) bond motifs is 2. The second-order valence-electron chi connectivity index (χ2n) is 6.32. The molecule has 0 aliphatic rings. The topological polar surface area (TPSA) is 72.2 Å². The van der Waals surface area contributed by atoms with E-state index in [0.717, 1.165) is 32.8 Å². The largest absolute Gasteiger partial charge is 0.346 e. The molecule has 0 bridgehead atoms. The number of nitrogens with one attached hydrogen (secondary N) is 1. The number of carbonyl (C=O) groups is 1. The summed E-state index contributed by atoms with van der Waals surface area (Å²) in [6.45, 7) is 0.370. The van der Waals surface area contributed by atoms with Gasteiger partial charge in [-0.3, -0.25) is 14.2 Å². The van der Waals surface area contributed by atoms with Gasteiger partial charge in [0, 0.05) is 41.1 Å². The monoisotopic (exact) mass is 385 g/mol. The fourth-order valence-corrected chi connectivity index (χ4v) is 3.88. The van der Waals surface area contributed by atoms with E-state index in [-0.39, 0.29) is 5.91 Å². The van der Waals surface area contributed by atoms with E-state index < -0.39 is 0 Å². The van der Waals surface area contributed by atoms with Gasteiger partial charge in [0.1, 0.15) is 0 Å². The Bertz CT molecular complexity index is 1260. The zero-order chi connectivity index (χ0) is 18.9. The highest BCUT2D eigenvalue weighted by molar-refractivity contribution is 7.15. The van der Waals surface area contributed by atoms with E-state index in [4.69, 9.17) is 4.98 Å². The smallest absolute Gasteiger partial charge is 0.252 e. The minimum atomic E-state index is -0.148. The number of aromatic nitrogens is 4. The summed E-state index contributed by atoms with van der Waals surface area (Å²) in [5.41, 5.74) is 3.87. The van der Waals surface area contributed by atoms with Crippen LogP contribution in [-0.4, -0.2) is 25.3 Å².